The Morgan fingerprint density at radius 3 is 2.92 bits per heavy atom. The fourth-order valence-corrected chi connectivity index (χ4v) is 1.21. The normalized spacial score (nSPS) is 14.6. The van der Waals surface area contributed by atoms with E-state index in [1.165, 1.54) is 6.07 Å². The third kappa shape index (κ3) is 0.922. The second-order valence-corrected chi connectivity index (χ2v) is 2.52. The number of rotatable bonds is 0. The molecule has 1 heterocycles. The van der Waals surface area contributed by atoms with Crippen LogP contribution in [-0.2, 0) is 0 Å². The number of nitrogens with one attached hydrogen (secondary N) is 2. The van der Waals surface area contributed by atoms with Crippen LogP contribution in [0.5, 0.6) is 0 Å². The molecule has 0 unspecified atom stereocenters. The van der Waals surface area contributed by atoms with Gasteiger partial charge in [-0.05, 0) is 12.1 Å². The second-order valence-electron chi connectivity index (χ2n) is 2.52. The molecule has 0 fully saturated rings. The Kier molecular flexibility index (Phi) is 1.46. The van der Waals surface area contributed by atoms with E-state index in [9.17, 15) is 9.18 Å². The van der Waals surface area contributed by atoms with Crippen molar-refractivity contribution in [1.29, 1.82) is 0 Å². The summed E-state index contributed by atoms with van der Waals surface area (Å²) in [6.45, 7) is 0.356. The molecule has 0 atom stereocenters. The lowest BCUT2D eigenvalue weighted by Gasteiger charge is -2.18. The van der Waals surface area contributed by atoms with Crippen LogP contribution in [0.2, 0.25) is 0 Å². The van der Waals surface area contributed by atoms with Crippen LogP contribution in [0.25, 0.3) is 0 Å². The quantitative estimate of drug-likeness (QED) is 0.602. The maximum Gasteiger partial charge on any atom is 0.257 e. The molecular formula is C8H7FN2O. The number of hydrogen-bond acceptors (Lipinski definition) is 2. The van der Waals surface area contributed by atoms with E-state index in [4.69, 9.17) is 0 Å². The molecule has 62 valence electrons. The number of carbonyl (C=O) groups excluding carboxylic acids is 1. The van der Waals surface area contributed by atoms with Gasteiger partial charge in [0, 0.05) is 0 Å². The minimum atomic E-state index is -0.489. The number of benzene rings is 1. The number of anilines is 1. The van der Waals surface area contributed by atoms with Crippen molar-refractivity contribution < 1.29 is 9.18 Å². The Labute approximate surface area is 68.6 Å². The molecule has 0 aliphatic carbocycles. The molecule has 1 aliphatic rings. The Morgan fingerprint density at radius 2 is 2.17 bits per heavy atom. The smallest absolute Gasteiger partial charge is 0.257 e. The Hall–Kier alpha value is -1.58. The van der Waals surface area contributed by atoms with Crippen LogP contribution in [0.4, 0.5) is 10.1 Å². The lowest BCUT2D eigenvalue weighted by atomic mass is 10.1. The molecule has 2 N–H and O–H groups in total. The van der Waals surface area contributed by atoms with Crippen molar-refractivity contribution in [3.05, 3.63) is 29.6 Å². The predicted octanol–water partition coefficient (Wildman–Crippen LogP) is 0.938. The molecule has 1 amide bonds. The highest BCUT2D eigenvalue weighted by molar-refractivity contribution is 6.01. The van der Waals surface area contributed by atoms with Crippen LogP contribution in [0.1, 0.15) is 10.4 Å². The van der Waals surface area contributed by atoms with Crippen LogP contribution in [0, 0.1) is 5.82 Å². The molecule has 0 bridgehead atoms. The molecule has 0 spiro atoms. The van der Waals surface area contributed by atoms with Gasteiger partial charge in [-0.3, -0.25) is 4.79 Å². The zero-order valence-electron chi connectivity index (χ0n) is 6.23. The van der Waals surface area contributed by atoms with Gasteiger partial charge in [0.15, 0.2) is 0 Å². The van der Waals surface area contributed by atoms with Crippen molar-refractivity contribution in [2.45, 2.75) is 0 Å². The minimum Gasteiger partial charge on any atom is -0.367 e. The fraction of sp³-hybridized carbons (Fsp3) is 0.125. The first kappa shape index (κ1) is 7.09. The Morgan fingerprint density at radius 1 is 1.33 bits per heavy atom. The monoisotopic (exact) mass is 166 g/mol. The summed E-state index contributed by atoms with van der Waals surface area (Å²) in [7, 11) is 0. The SMILES string of the molecule is O=C1NCNc2cccc(F)c21. The second kappa shape index (κ2) is 2.48. The highest BCUT2D eigenvalue weighted by Gasteiger charge is 2.19. The lowest BCUT2D eigenvalue weighted by molar-refractivity contribution is 0.0948. The van der Waals surface area contributed by atoms with E-state index < -0.39 is 5.82 Å². The molecule has 0 saturated carbocycles. The van der Waals surface area contributed by atoms with Gasteiger partial charge in [-0.2, -0.15) is 0 Å². The molecule has 3 nitrogen and oxygen atoms in total. The van der Waals surface area contributed by atoms with E-state index in [2.05, 4.69) is 10.6 Å². The summed E-state index contributed by atoms with van der Waals surface area (Å²) < 4.78 is 13.0. The third-order valence-corrected chi connectivity index (χ3v) is 1.77. The third-order valence-electron chi connectivity index (χ3n) is 1.77. The van der Waals surface area contributed by atoms with Gasteiger partial charge in [0.2, 0.25) is 0 Å². The van der Waals surface area contributed by atoms with Crippen LogP contribution < -0.4 is 10.6 Å². The number of halogens is 1. The Bertz CT molecular complexity index is 338. The largest absolute Gasteiger partial charge is 0.367 e. The van der Waals surface area contributed by atoms with Gasteiger partial charge in [-0.1, -0.05) is 6.07 Å². The minimum absolute atomic E-state index is 0.101. The Balaban J connectivity index is 2.60. The van der Waals surface area contributed by atoms with Gasteiger partial charge in [-0.25, -0.2) is 4.39 Å². The van der Waals surface area contributed by atoms with Crippen molar-refractivity contribution in [2.24, 2.45) is 0 Å². The molecular weight excluding hydrogens is 159 g/mol. The molecule has 0 radical (unpaired) electrons. The van der Waals surface area contributed by atoms with Crippen molar-refractivity contribution in [3.63, 3.8) is 0 Å². The summed E-state index contributed by atoms with van der Waals surface area (Å²) in [4.78, 5) is 11.1. The number of carbonyl (C=O) groups is 1. The molecule has 1 aromatic carbocycles. The van der Waals surface area contributed by atoms with Gasteiger partial charge in [0.1, 0.15) is 5.82 Å². The highest BCUT2D eigenvalue weighted by Crippen LogP contribution is 2.20. The summed E-state index contributed by atoms with van der Waals surface area (Å²) in [5, 5.41) is 5.35. The van der Waals surface area contributed by atoms with Gasteiger partial charge < -0.3 is 10.6 Å². The molecule has 4 heteroatoms. The zero-order chi connectivity index (χ0) is 8.55. The van der Waals surface area contributed by atoms with Crippen molar-refractivity contribution in [2.75, 3.05) is 12.0 Å². The average molecular weight is 166 g/mol. The molecule has 0 aromatic heterocycles. The highest BCUT2D eigenvalue weighted by atomic mass is 19.1. The van der Waals surface area contributed by atoms with E-state index >= 15 is 0 Å². The van der Waals surface area contributed by atoms with E-state index in [1.807, 2.05) is 0 Å². The maximum absolute atomic E-state index is 13.0. The first-order valence-corrected chi connectivity index (χ1v) is 3.59. The van der Waals surface area contributed by atoms with Crippen LogP contribution in [-0.4, -0.2) is 12.6 Å². The summed E-state index contributed by atoms with van der Waals surface area (Å²) >= 11 is 0. The van der Waals surface area contributed by atoms with E-state index in [0.29, 0.717) is 12.4 Å². The average Bonchev–Trinajstić information content (AvgIpc) is 2.04. The van der Waals surface area contributed by atoms with Crippen molar-refractivity contribution in [1.82, 2.24) is 5.32 Å². The van der Waals surface area contributed by atoms with E-state index in [1.54, 1.807) is 12.1 Å². The van der Waals surface area contributed by atoms with E-state index in [0.717, 1.165) is 0 Å². The molecule has 2 rings (SSSR count). The molecule has 1 aliphatic heterocycles. The summed E-state index contributed by atoms with van der Waals surface area (Å²) in [6, 6.07) is 4.52. The van der Waals surface area contributed by atoms with E-state index in [-0.39, 0.29) is 11.5 Å². The first-order chi connectivity index (χ1) is 5.79. The maximum atomic E-state index is 13.0. The molecule has 12 heavy (non-hydrogen) atoms. The summed E-state index contributed by atoms with van der Waals surface area (Å²) in [5.74, 6) is -0.848. The predicted molar refractivity (Wildman–Crippen MR) is 42.4 cm³/mol. The topological polar surface area (TPSA) is 41.1 Å². The van der Waals surface area contributed by atoms with Crippen molar-refractivity contribution >= 4 is 11.6 Å². The van der Waals surface area contributed by atoms with Crippen molar-refractivity contribution in [3.8, 4) is 0 Å². The van der Waals surface area contributed by atoms with Gasteiger partial charge in [0.25, 0.3) is 5.91 Å². The summed E-state index contributed by atoms with van der Waals surface area (Å²) in [6.07, 6.45) is 0. The van der Waals surface area contributed by atoms with Crippen LogP contribution in [0.3, 0.4) is 0 Å². The first-order valence-electron chi connectivity index (χ1n) is 3.59. The molecule has 0 saturated heterocycles. The fourth-order valence-electron chi connectivity index (χ4n) is 1.21. The lowest BCUT2D eigenvalue weighted by Crippen LogP contribution is -2.35. The molecule has 1 aromatic rings. The van der Waals surface area contributed by atoms with Gasteiger partial charge in [-0.15, -0.1) is 0 Å². The zero-order valence-corrected chi connectivity index (χ0v) is 6.23. The standard InChI is InChI=1S/C8H7FN2O/c9-5-2-1-3-6-7(5)8(12)11-4-10-6/h1-3,10H,4H2,(H,11,12). The number of amides is 1. The van der Waals surface area contributed by atoms with Crippen LogP contribution in [0.15, 0.2) is 18.2 Å². The van der Waals surface area contributed by atoms with Gasteiger partial charge in [0.05, 0.1) is 17.9 Å². The summed E-state index contributed by atoms with van der Waals surface area (Å²) in [5.41, 5.74) is 0.655. The van der Waals surface area contributed by atoms with Gasteiger partial charge >= 0.3 is 0 Å². The number of hydrogen-bond donors (Lipinski definition) is 2. The van der Waals surface area contributed by atoms with Crippen LogP contribution >= 0.6 is 0 Å². The number of fused-ring (bicyclic) bond motifs is 1.